The van der Waals surface area contributed by atoms with Crippen LogP contribution in [0.15, 0.2) is 35.0 Å². The van der Waals surface area contributed by atoms with Crippen molar-refractivity contribution < 1.29 is 9.47 Å². The molecular formula is C40H54O2S2. The van der Waals surface area contributed by atoms with Gasteiger partial charge in [0.2, 0.25) is 0 Å². The Morgan fingerprint density at radius 1 is 0.477 bits per heavy atom. The number of unbranched alkanes of at least 4 members (excludes halogenated alkanes) is 14. The Balaban J connectivity index is 1.52. The first-order valence-electron chi connectivity index (χ1n) is 17.1. The lowest BCUT2D eigenvalue weighted by atomic mass is 10.1. The number of methoxy groups -OCH3 is 2. The number of rotatable bonds is 20. The van der Waals surface area contributed by atoms with Crippen molar-refractivity contribution in [3.8, 4) is 35.2 Å². The molecule has 0 aliphatic heterocycles. The minimum absolute atomic E-state index is 0.722. The molecule has 0 N–H and O–H groups in total. The summed E-state index contributed by atoms with van der Waals surface area (Å²) in [5.41, 5.74) is 4.43. The quantitative estimate of drug-likeness (QED) is 0.0913. The normalized spacial score (nSPS) is 10.6. The standard InChI is InChI=1S/C40H54O2S2/c1-5-7-9-11-13-15-17-19-21-33-27-37(43-31-33)25-23-35-29-40(42-4)36(30-39(35)41-3)24-26-38-28-34(32-44-38)22-20-18-16-14-12-10-8-6-2/h27-32H,5-22H2,1-4H3. The van der Waals surface area contributed by atoms with E-state index < -0.39 is 0 Å². The molecule has 0 amide bonds. The zero-order valence-corrected chi connectivity index (χ0v) is 29.5. The molecule has 3 rings (SSSR count). The fourth-order valence-corrected chi connectivity index (χ4v) is 7.01. The Morgan fingerprint density at radius 3 is 1.20 bits per heavy atom. The van der Waals surface area contributed by atoms with Crippen LogP contribution < -0.4 is 9.47 Å². The summed E-state index contributed by atoms with van der Waals surface area (Å²) in [4.78, 5) is 2.18. The van der Waals surface area contributed by atoms with Crippen LogP contribution in [0.1, 0.15) is 149 Å². The highest BCUT2D eigenvalue weighted by atomic mass is 32.1. The third-order valence-electron chi connectivity index (χ3n) is 8.11. The third-order valence-corrected chi connectivity index (χ3v) is 9.90. The molecule has 2 aromatic heterocycles. The van der Waals surface area contributed by atoms with E-state index in [0.29, 0.717) is 0 Å². The molecule has 3 aromatic rings. The minimum Gasteiger partial charge on any atom is -0.495 e. The zero-order chi connectivity index (χ0) is 31.2. The summed E-state index contributed by atoms with van der Waals surface area (Å²) in [6.45, 7) is 4.55. The average molecular weight is 631 g/mol. The van der Waals surface area contributed by atoms with Crippen LogP contribution in [0.4, 0.5) is 0 Å². The lowest BCUT2D eigenvalue weighted by Gasteiger charge is -2.08. The van der Waals surface area contributed by atoms with Gasteiger partial charge in [0.25, 0.3) is 0 Å². The van der Waals surface area contributed by atoms with Crippen molar-refractivity contribution in [2.75, 3.05) is 14.2 Å². The summed E-state index contributed by atoms with van der Waals surface area (Å²) in [5, 5.41) is 4.51. The van der Waals surface area contributed by atoms with E-state index in [-0.39, 0.29) is 0 Å². The molecular weight excluding hydrogens is 577 g/mol. The third kappa shape index (κ3) is 13.5. The first-order chi connectivity index (χ1) is 21.7. The van der Waals surface area contributed by atoms with Crippen LogP contribution in [0.5, 0.6) is 11.5 Å². The van der Waals surface area contributed by atoms with Gasteiger partial charge in [-0.25, -0.2) is 0 Å². The topological polar surface area (TPSA) is 18.5 Å². The molecule has 0 bridgehead atoms. The van der Waals surface area contributed by atoms with Gasteiger partial charge < -0.3 is 9.47 Å². The largest absolute Gasteiger partial charge is 0.495 e. The van der Waals surface area contributed by atoms with Gasteiger partial charge in [-0.2, -0.15) is 0 Å². The molecule has 4 heteroatoms. The highest BCUT2D eigenvalue weighted by molar-refractivity contribution is 7.10. The van der Waals surface area contributed by atoms with Gasteiger partial charge in [0.1, 0.15) is 11.5 Å². The molecule has 44 heavy (non-hydrogen) atoms. The van der Waals surface area contributed by atoms with Crippen molar-refractivity contribution in [2.45, 2.75) is 129 Å². The number of thiophene rings is 2. The molecule has 1 aromatic carbocycles. The summed E-state index contributed by atoms with van der Waals surface area (Å²) < 4.78 is 11.4. The van der Waals surface area contributed by atoms with Crippen LogP contribution in [0, 0.1) is 23.7 Å². The number of benzene rings is 1. The summed E-state index contributed by atoms with van der Waals surface area (Å²) in [6.07, 6.45) is 23.9. The van der Waals surface area contributed by atoms with Crippen LogP contribution in [-0.2, 0) is 12.8 Å². The maximum Gasteiger partial charge on any atom is 0.136 e. The van der Waals surface area contributed by atoms with Crippen LogP contribution in [0.25, 0.3) is 0 Å². The second-order valence-corrected chi connectivity index (χ2v) is 13.7. The molecule has 2 heterocycles. The number of hydrogen-bond acceptors (Lipinski definition) is 4. The fraction of sp³-hybridized carbons (Fsp3) is 0.550. The van der Waals surface area contributed by atoms with Gasteiger partial charge in [-0.15, -0.1) is 22.7 Å². The van der Waals surface area contributed by atoms with Gasteiger partial charge in [-0.05, 0) is 59.7 Å². The highest BCUT2D eigenvalue weighted by Crippen LogP contribution is 2.29. The highest BCUT2D eigenvalue weighted by Gasteiger charge is 2.09. The van der Waals surface area contributed by atoms with E-state index in [9.17, 15) is 0 Å². The minimum atomic E-state index is 0.722. The Labute approximate surface area is 277 Å². The van der Waals surface area contributed by atoms with Crippen molar-refractivity contribution in [1.29, 1.82) is 0 Å². The number of aryl methyl sites for hydroxylation is 2. The van der Waals surface area contributed by atoms with Gasteiger partial charge in [0.05, 0.1) is 35.1 Å². The molecule has 0 aliphatic rings. The molecule has 0 aliphatic carbocycles. The first-order valence-corrected chi connectivity index (χ1v) is 18.9. The van der Waals surface area contributed by atoms with E-state index in [2.05, 4.69) is 60.4 Å². The Morgan fingerprint density at radius 2 is 0.841 bits per heavy atom. The lowest BCUT2D eigenvalue weighted by molar-refractivity contribution is 0.401. The van der Waals surface area contributed by atoms with E-state index in [1.165, 1.54) is 114 Å². The van der Waals surface area contributed by atoms with Gasteiger partial charge in [0, 0.05) is 12.1 Å². The van der Waals surface area contributed by atoms with Crippen molar-refractivity contribution >= 4 is 22.7 Å². The van der Waals surface area contributed by atoms with Crippen molar-refractivity contribution in [1.82, 2.24) is 0 Å². The predicted octanol–water partition coefficient (Wildman–Crippen LogP) is 12.0. The zero-order valence-electron chi connectivity index (χ0n) is 27.8. The van der Waals surface area contributed by atoms with E-state index in [1.54, 1.807) is 36.9 Å². The van der Waals surface area contributed by atoms with E-state index in [4.69, 9.17) is 9.47 Å². The van der Waals surface area contributed by atoms with Crippen molar-refractivity contribution in [3.05, 3.63) is 67.0 Å². The van der Waals surface area contributed by atoms with E-state index in [0.717, 1.165) is 45.2 Å². The molecule has 0 spiro atoms. The van der Waals surface area contributed by atoms with Gasteiger partial charge in [0.15, 0.2) is 0 Å². The van der Waals surface area contributed by atoms with Crippen LogP contribution in [-0.4, -0.2) is 14.2 Å². The van der Waals surface area contributed by atoms with Gasteiger partial charge in [-0.3, -0.25) is 0 Å². The Kier molecular flexibility index (Phi) is 17.9. The van der Waals surface area contributed by atoms with Crippen molar-refractivity contribution in [2.24, 2.45) is 0 Å². The number of ether oxygens (including phenoxy) is 2. The molecule has 0 atom stereocenters. The molecule has 0 saturated heterocycles. The van der Waals surface area contributed by atoms with Crippen LogP contribution in [0.3, 0.4) is 0 Å². The van der Waals surface area contributed by atoms with Gasteiger partial charge >= 0.3 is 0 Å². The summed E-state index contributed by atoms with van der Waals surface area (Å²) >= 11 is 3.45. The second-order valence-electron chi connectivity index (χ2n) is 11.8. The van der Waals surface area contributed by atoms with E-state index in [1.807, 2.05) is 12.1 Å². The molecule has 2 nitrogen and oxygen atoms in total. The van der Waals surface area contributed by atoms with E-state index >= 15 is 0 Å². The fourth-order valence-electron chi connectivity index (χ4n) is 5.42. The van der Waals surface area contributed by atoms with Crippen molar-refractivity contribution in [3.63, 3.8) is 0 Å². The summed E-state index contributed by atoms with van der Waals surface area (Å²) in [5.74, 6) is 14.8. The lowest BCUT2D eigenvalue weighted by Crippen LogP contribution is -1.94. The maximum absolute atomic E-state index is 5.71. The molecule has 0 saturated carbocycles. The summed E-state index contributed by atoms with van der Waals surface area (Å²) in [7, 11) is 3.38. The van der Waals surface area contributed by atoms with Crippen LogP contribution >= 0.6 is 22.7 Å². The molecule has 0 fully saturated rings. The van der Waals surface area contributed by atoms with Crippen LogP contribution in [0.2, 0.25) is 0 Å². The first kappa shape index (κ1) is 35.8. The molecule has 0 radical (unpaired) electrons. The SMILES string of the molecule is CCCCCCCCCCc1csc(C#Cc2cc(OC)c(C#Cc3cc(CCCCCCCCCC)cs3)cc2OC)c1. The molecule has 238 valence electrons. The smallest absolute Gasteiger partial charge is 0.136 e. The Bertz CT molecular complexity index is 1240. The maximum atomic E-state index is 5.71. The predicted molar refractivity (Wildman–Crippen MR) is 193 cm³/mol. The monoisotopic (exact) mass is 630 g/mol. The second kappa shape index (κ2) is 21.9. The van der Waals surface area contributed by atoms with Gasteiger partial charge in [-0.1, -0.05) is 127 Å². The Hall–Kier alpha value is -2.66. The average Bonchev–Trinajstić information content (AvgIpc) is 3.70. The summed E-state index contributed by atoms with van der Waals surface area (Å²) in [6, 6.07) is 8.39. The molecule has 0 unspecified atom stereocenters. The number of hydrogen-bond donors (Lipinski definition) is 0.